The first-order valence-corrected chi connectivity index (χ1v) is 9.48. The van der Waals surface area contributed by atoms with Gasteiger partial charge in [-0.15, -0.1) is 0 Å². The summed E-state index contributed by atoms with van der Waals surface area (Å²) in [7, 11) is 6.88. The fourth-order valence-corrected chi connectivity index (χ4v) is 3.49. The second-order valence-corrected chi connectivity index (χ2v) is 7.26. The quantitative estimate of drug-likeness (QED) is 0.651. The van der Waals surface area contributed by atoms with Gasteiger partial charge in [-0.25, -0.2) is 0 Å². The lowest BCUT2D eigenvalue weighted by molar-refractivity contribution is -0.124. The molecule has 2 rings (SSSR count). The summed E-state index contributed by atoms with van der Waals surface area (Å²) in [5, 5.41) is 0. The van der Waals surface area contributed by atoms with Crippen LogP contribution in [0.3, 0.4) is 0 Å². The van der Waals surface area contributed by atoms with Crippen LogP contribution < -0.4 is 25.1 Å². The lowest BCUT2D eigenvalue weighted by Crippen LogP contribution is -2.48. The van der Waals surface area contributed by atoms with Crippen LogP contribution in [0.25, 0.3) is 0 Å². The van der Waals surface area contributed by atoms with Gasteiger partial charge in [-0.3, -0.25) is 9.69 Å². The molecule has 0 spiro atoms. The topological polar surface area (TPSA) is 77.3 Å². The number of carbonyl (C=O) groups is 1. The van der Waals surface area contributed by atoms with Gasteiger partial charge in [0.15, 0.2) is 5.75 Å². The van der Waals surface area contributed by atoms with Crippen LogP contribution in [-0.2, 0) is 11.3 Å². The van der Waals surface area contributed by atoms with Crippen LogP contribution in [0.5, 0.6) is 17.2 Å². The molecule has 0 aliphatic carbocycles. The first-order chi connectivity index (χ1) is 13.8. The third-order valence-electron chi connectivity index (χ3n) is 4.96. The van der Waals surface area contributed by atoms with E-state index in [1.807, 2.05) is 56.1 Å². The molecule has 0 saturated heterocycles. The van der Waals surface area contributed by atoms with Crippen LogP contribution in [0.2, 0.25) is 0 Å². The Morgan fingerprint density at radius 3 is 2.03 bits per heavy atom. The van der Waals surface area contributed by atoms with Gasteiger partial charge in [0.05, 0.1) is 25.8 Å². The highest BCUT2D eigenvalue weighted by Gasteiger charge is 2.31. The van der Waals surface area contributed by atoms with Crippen LogP contribution >= 0.6 is 0 Å². The Hall–Kier alpha value is -2.77. The monoisotopic (exact) mass is 401 g/mol. The number of para-hydroxylation sites is 1. The second-order valence-electron chi connectivity index (χ2n) is 7.26. The highest BCUT2D eigenvalue weighted by Crippen LogP contribution is 2.35. The van der Waals surface area contributed by atoms with Crippen molar-refractivity contribution in [3.05, 3.63) is 48.0 Å². The summed E-state index contributed by atoms with van der Waals surface area (Å²) >= 11 is 0. The van der Waals surface area contributed by atoms with Crippen molar-refractivity contribution >= 4 is 11.6 Å². The summed E-state index contributed by atoms with van der Waals surface area (Å²) in [6.45, 7) is 4.53. The largest absolute Gasteiger partial charge is 0.496 e. The Labute approximate surface area is 172 Å². The molecule has 0 aromatic heterocycles. The van der Waals surface area contributed by atoms with E-state index in [1.54, 1.807) is 38.3 Å². The maximum absolute atomic E-state index is 13.3. The summed E-state index contributed by atoms with van der Waals surface area (Å²) in [5.41, 5.74) is 1.68. The average Bonchev–Trinajstić information content (AvgIpc) is 2.73. The van der Waals surface area contributed by atoms with Crippen molar-refractivity contribution in [2.24, 2.45) is 11.8 Å². The van der Waals surface area contributed by atoms with Crippen molar-refractivity contribution in [3.8, 4) is 17.2 Å². The summed E-state index contributed by atoms with van der Waals surface area (Å²) in [6, 6.07) is 12.7. The zero-order valence-corrected chi connectivity index (χ0v) is 18.0. The third kappa shape index (κ3) is 5.19. The minimum atomic E-state index is -0.333. The zero-order chi connectivity index (χ0) is 21.6. The van der Waals surface area contributed by atoms with Crippen molar-refractivity contribution < 1.29 is 19.1 Å². The Bertz CT molecular complexity index is 786. The summed E-state index contributed by atoms with van der Waals surface area (Å²) in [5.74, 6) is 7.02. The summed E-state index contributed by atoms with van der Waals surface area (Å²) in [4.78, 5) is 21.8. The molecule has 0 aliphatic heterocycles. The first kappa shape index (κ1) is 22.5. The van der Waals surface area contributed by atoms with Crippen molar-refractivity contribution in [1.29, 1.82) is 0 Å². The van der Waals surface area contributed by atoms with Crippen LogP contribution in [0.4, 0.5) is 5.69 Å². The molecule has 0 fully saturated rings. The highest BCUT2D eigenvalue weighted by atomic mass is 16.6. The molecule has 29 heavy (non-hydrogen) atoms. The zero-order valence-electron chi connectivity index (χ0n) is 18.0. The number of carbonyl (C=O) groups excluding carboxylic acids is 1. The second kappa shape index (κ2) is 10.1. The number of hydrogen-bond acceptors (Lipinski definition) is 6. The van der Waals surface area contributed by atoms with Gasteiger partial charge >= 0.3 is 0 Å². The number of hydrogen-bond donors (Lipinski definition) is 1. The van der Waals surface area contributed by atoms with Crippen LogP contribution in [0.1, 0.15) is 19.4 Å². The lowest BCUT2D eigenvalue weighted by atomic mass is 10.00. The molecule has 2 aromatic rings. The molecule has 0 aliphatic rings. The standard InChI is InChI=1S/C22H31N3O4/c1-15(2)21(22(26)25(4)16-10-8-7-9-11-16)24(3)14-18-19(27-5)12-17(29-23)13-20(18)28-6/h7-13,15,21H,14,23H2,1-6H3. The van der Waals surface area contributed by atoms with E-state index in [0.717, 1.165) is 11.3 Å². The molecule has 2 aromatic carbocycles. The summed E-state index contributed by atoms with van der Waals surface area (Å²) < 4.78 is 11.0. The smallest absolute Gasteiger partial charge is 0.244 e. The SMILES string of the molecule is COc1cc(ON)cc(OC)c1CN(C)C(C(=O)N(C)c1ccccc1)C(C)C. The lowest BCUT2D eigenvalue weighted by Gasteiger charge is -2.34. The van der Waals surface area contributed by atoms with E-state index in [0.29, 0.717) is 23.8 Å². The maximum Gasteiger partial charge on any atom is 0.244 e. The molecular formula is C22H31N3O4. The Balaban J connectivity index is 2.33. The van der Waals surface area contributed by atoms with Gasteiger partial charge in [0.1, 0.15) is 11.5 Å². The van der Waals surface area contributed by atoms with Gasteiger partial charge in [-0.1, -0.05) is 32.0 Å². The number of amides is 1. The Kier molecular flexibility index (Phi) is 7.87. The van der Waals surface area contributed by atoms with Crippen LogP contribution in [0.15, 0.2) is 42.5 Å². The van der Waals surface area contributed by atoms with Gasteiger partial charge in [0.2, 0.25) is 5.91 Å². The van der Waals surface area contributed by atoms with Gasteiger partial charge in [-0.05, 0) is 25.1 Å². The summed E-state index contributed by atoms with van der Waals surface area (Å²) in [6.07, 6.45) is 0. The van der Waals surface area contributed by atoms with E-state index in [-0.39, 0.29) is 17.9 Å². The van der Waals surface area contributed by atoms with Gasteiger partial charge in [0, 0.05) is 31.4 Å². The average molecular weight is 402 g/mol. The molecule has 1 atom stereocenters. The van der Waals surface area contributed by atoms with Crippen molar-refractivity contribution in [2.75, 3.05) is 33.2 Å². The number of nitrogens with zero attached hydrogens (tertiary/aromatic N) is 2. The maximum atomic E-state index is 13.3. The molecule has 0 bridgehead atoms. The van der Waals surface area contributed by atoms with E-state index in [9.17, 15) is 4.79 Å². The number of methoxy groups -OCH3 is 2. The number of anilines is 1. The predicted octanol–water partition coefficient (Wildman–Crippen LogP) is 3.08. The van der Waals surface area contributed by atoms with Gasteiger partial charge < -0.3 is 19.2 Å². The fourth-order valence-electron chi connectivity index (χ4n) is 3.49. The molecule has 7 nitrogen and oxygen atoms in total. The van der Waals surface area contributed by atoms with Crippen molar-refractivity contribution in [3.63, 3.8) is 0 Å². The van der Waals surface area contributed by atoms with Crippen LogP contribution in [0, 0.1) is 5.92 Å². The Morgan fingerprint density at radius 1 is 1.03 bits per heavy atom. The van der Waals surface area contributed by atoms with Crippen LogP contribution in [-0.4, -0.2) is 45.2 Å². The van der Waals surface area contributed by atoms with Crippen molar-refractivity contribution in [2.45, 2.75) is 26.4 Å². The highest BCUT2D eigenvalue weighted by molar-refractivity contribution is 5.96. The third-order valence-corrected chi connectivity index (χ3v) is 4.96. The number of rotatable bonds is 9. The van der Waals surface area contributed by atoms with E-state index >= 15 is 0 Å². The number of likely N-dealkylation sites (N-methyl/N-ethyl adjacent to an activating group) is 2. The fraction of sp³-hybridized carbons (Fsp3) is 0.409. The molecule has 0 saturated carbocycles. The van der Waals surface area contributed by atoms with E-state index in [4.69, 9.17) is 20.2 Å². The van der Waals surface area contributed by atoms with E-state index in [1.165, 1.54) is 0 Å². The van der Waals surface area contributed by atoms with Crippen molar-refractivity contribution in [1.82, 2.24) is 4.90 Å². The minimum Gasteiger partial charge on any atom is -0.496 e. The molecule has 7 heteroatoms. The van der Waals surface area contributed by atoms with Gasteiger partial charge in [-0.2, -0.15) is 5.90 Å². The Morgan fingerprint density at radius 2 is 1.59 bits per heavy atom. The van der Waals surface area contributed by atoms with Gasteiger partial charge in [0.25, 0.3) is 0 Å². The molecule has 1 unspecified atom stereocenters. The normalized spacial score (nSPS) is 12.0. The van der Waals surface area contributed by atoms with E-state index in [2.05, 4.69) is 0 Å². The predicted molar refractivity (Wildman–Crippen MR) is 114 cm³/mol. The molecule has 0 radical (unpaired) electrons. The number of nitrogens with two attached hydrogens (primary N) is 1. The first-order valence-electron chi connectivity index (χ1n) is 9.48. The minimum absolute atomic E-state index is 0.0218. The van der Waals surface area contributed by atoms with E-state index < -0.39 is 0 Å². The number of ether oxygens (including phenoxy) is 2. The molecule has 158 valence electrons. The molecular weight excluding hydrogens is 370 g/mol. The molecule has 2 N–H and O–H groups in total. The molecule has 0 heterocycles. The molecule has 1 amide bonds. The number of benzene rings is 2.